The Morgan fingerprint density at radius 2 is 1.52 bits per heavy atom. The Morgan fingerprint density at radius 3 is 2.02 bits per heavy atom. The Kier molecular flexibility index (Phi) is 9.33. The summed E-state index contributed by atoms with van der Waals surface area (Å²) in [5.74, 6) is 0.431. The summed E-state index contributed by atoms with van der Waals surface area (Å²) in [6, 6.07) is 10.7. The normalized spacial score (nSPS) is 17.3. The Labute approximate surface area is 230 Å². The lowest BCUT2D eigenvalue weighted by molar-refractivity contribution is -0.347. The number of esters is 1. The molecule has 1 fully saturated rings. The molecule has 0 amide bonds. The fourth-order valence-electron chi connectivity index (χ4n) is 5.14. The van der Waals surface area contributed by atoms with Crippen LogP contribution in [0.15, 0.2) is 42.5 Å². The van der Waals surface area contributed by atoms with Crippen molar-refractivity contribution in [2.75, 3.05) is 6.61 Å². The van der Waals surface area contributed by atoms with Gasteiger partial charge in [-0.2, -0.15) is 26.3 Å². The van der Waals surface area contributed by atoms with Gasteiger partial charge in [0, 0.05) is 11.8 Å². The molecule has 1 aliphatic rings. The number of halogens is 6. The predicted molar refractivity (Wildman–Crippen MR) is 139 cm³/mol. The monoisotopic (exact) mass is 572 g/mol. The first-order valence-electron chi connectivity index (χ1n) is 13.2. The van der Waals surface area contributed by atoms with E-state index in [4.69, 9.17) is 9.47 Å². The molecule has 1 unspecified atom stereocenters. The minimum Gasteiger partial charge on any atom is -0.489 e. The lowest BCUT2D eigenvalue weighted by atomic mass is 9.70. The molecule has 1 heterocycles. The van der Waals surface area contributed by atoms with Crippen molar-refractivity contribution in [3.63, 3.8) is 0 Å². The van der Waals surface area contributed by atoms with Crippen molar-refractivity contribution in [3.8, 4) is 5.75 Å². The van der Waals surface area contributed by atoms with Gasteiger partial charge >= 0.3 is 18.3 Å². The van der Waals surface area contributed by atoms with Crippen LogP contribution in [0.1, 0.15) is 73.8 Å². The van der Waals surface area contributed by atoms with Crippen molar-refractivity contribution < 1.29 is 45.7 Å². The maximum atomic E-state index is 13.1. The third kappa shape index (κ3) is 6.32. The molecule has 10 heteroatoms. The van der Waals surface area contributed by atoms with Crippen LogP contribution in [0.3, 0.4) is 0 Å². The van der Waals surface area contributed by atoms with Crippen LogP contribution >= 0.6 is 0 Å². The minimum atomic E-state index is -5.93. The quantitative estimate of drug-likeness (QED) is 0.247. The Morgan fingerprint density at radius 1 is 0.950 bits per heavy atom. The van der Waals surface area contributed by atoms with Gasteiger partial charge in [-0.1, -0.05) is 50.3 Å². The molecule has 40 heavy (non-hydrogen) atoms. The topological polar surface area (TPSA) is 55.8 Å². The van der Waals surface area contributed by atoms with Gasteiger partial charge in [-0.05, 0) is 79.5 Å². The molecule has 0 radical (unpaired) electrons. The summed E-state index contributed by atoms with van der Waals surface area (Å²) >= 11 is 0. The zero-order chi connectivity index (χ0) is 29.9. The largest absolute Gasteiger partial charge is 0.489 e. The molecular formula is C30H34F6O4. The average molecular weight is 573 g/mol. The van der Waals surface area contributed by atoms with Crippen LogP contribution < -0.4 is 4.74 Å². The molecule has 1 atom stereocenters. The Hall–Kier alpha value is -3.01. The molecule has 0 bridgehead atoms. The number of hydrogen-bond donors (Lipinski definition) is 1. The molecule has 2 aromatic rings. The van der Waals surface area contributed by atoms with Crippen LogP contribution in [0.4, 0.5) is 26.3 Å². The van der Waals surface area contributed by atoms with E-state index < -0.39 is 23.4 Å². The zero-order valence-electron chi connectivity index (χ0n) is 22.9. The minimum absolute atomic E-state index is 0.125. The predicted octanol–water partition coefficient (Wildman–Crippen LogP) is 7.75. The third-order valence-electron chi connectivity index (χ3n) is 7.76. The Bertz CT molecular complexity index is 1210. The van der Waals surface area contributed by atoms with Gasteiger partial charge in [-0.25, -0.2) is 0 Å². The summed E-state index contributed by atoms with van der Waals surface area (Å²) in [7, 11) is 0. The van der Waals surface area contributed by atoms with Crippen LogP contribution in [-0.2, 0) is 14.9 Å². The van der Waals surface area contributed by atoms with Crippen molar-refractivity contribution in [2.24, 2.45) is 0 Å². The summed E-state index contributed by atoms with van der Waals surface area (Å²) in [5.41, 5.74) is -2.13. The molecular weight excluding hydrogens is 538 g/mol. The van der Waals surface area contributed by atoms with E-state index in [-0.39, 0.29) is 30.3 Å². The molecule has 1 N–H and O–H groups in total. The number of ether oxygens (including phenoxy) is 2. The summed E-state index contributed by atoms with van der Waals surface area (Å²) in [6.07, 6.45) is -8.46. The standard InChI is InChI=1S/C30H34F6O4/c1-5-27(6-2,23-12-13-25(20(4)17-23)39-18-24-8-7-9-26(37)40-24)22-11-10-21(19(3)16-22)14-15-28(38,29(31,32)33)30(34,35)36/h10-17,24,38H,5-9,18H2,1-4H3/b15-14+. The molecule has 4 nitrogen and oxygen atoms in total. The highest BCUT2D eigenvalue weighted by Gasteiger charge is 2.68. The number of aryl methyl sites for hydroxylation is 2. The summed E-state index contributed by atoms with van der Waals surface area (Å²) < 4.78 is 89.7. The van der Waals surface area contributed by atoms with Crippen LogP contribution in [-0.4, -0.2) is 41.7 Å². The van der Waals surface area contributed by atoms with Crippen molar-refractivity contribution in [2.45, 2.75) is 89.3 Å². The second-order valence-electron chi connectivity index (χ2n) is 10.3. The van der Waals surface area contributed by atoms with E-state index in [9.17, 15) is 36.2 Å². The Balaban J connectivity index is 1.89. The summed E-state index contributed by atoms with van der Waals surface area (Å²) in [5, 5.41) is 9.45. The molecule has 2 aromatic carbocycles. The van der Waals surface area contributed by atoms with Crippen molar-refractivity contribution in [3.05, 3.63) is 70.3 Å². The molecule has 0 aromatic heterocycles. The van der Waals surface area contributed by atoms with Gasteiger partial charge in [0.1, 0.15) is 18.5 Å². The van der Waals surface area contributed by atoms with Crippen LogP contribution in [0, 0.1) is 13.8 Å². The highest BCUT2D eigenvalue weighted by Crippen LogP contribution is 2.45. The van der Waals surface area contributed by atoms with Crippen molar-refractivity contribution in [1.29, 1.82) is 0 Å². The molecule has 3 rings (SSSR count). The van der Waals surface area contributed by atoms with Crippen molar-refractivity contribution in [1.82, 2.24) is 0 Å². The van der Waals surface area contributed by atoms with E-state index in [0.29, 0.717) is 36.7 Å². The molecule has 0 saturated carbocycles. The first-order valence-corrected chi connectivity index (χ1v) is 13.2. The lowest BCUT2D eigenvalue weighted by Gasteiger charge is -2.34. The number of hydrogen-bond acceptors (Lipinski definition) is 4. The number of aliphatic hydroxyl groups is 1. The van der Waals surface area contributed by atoms with Gasteiger partial charge in [-0.3, -0.25) is 4.79 Å². The number of carbonyl (C=O) groups is 1. The van der Waals surface area contributed by atoms with Gasteiger partial charge in [-0.15, -0.1) is 0 Å². The van der Waals surface area contributed by atoms with Gasteiger partial charge in [0.25, 0.3) is 5.60 Å². The number of benzene rings is 2. The van der Waals surface area contributed by atoms with E-state index in [1.807, 2.05) is 39.0 Å². The fraction of sp³-hybridized carbons (Fsp3) is 0.500. The average Bonchev–Trinajstić information content (AvgIpc) is 2.87. The second-order valence-corrected chi connectivity index (χ2v) is 10.3. The number of cyclic esters (lactones) is 1. The van der Waals surface area contributed by atoms with E-state index in [1.54, 1.807) is 19.1 Å². The smallest absolute Gasteiger partial charge is 0.430 e. The zero-order valence-corrected chi connectivity index (χ0v) is 22.9. The third-order valence-corrected chi connectivity index (χ3v) is 7.76. The van der Waals surface area contributed by atoms with Crippen LogP contribution in [0.2, 0.25) is 0 Å². The van der Waals surface area contributed by atoms with E-state index >= 15 is 0 Å². The van der Waals surface area contributed by atoms with Crippen molar-refractivity contribution >= 4 is 12.0 Å². The first kappa shape index (κ1) is 31.5. The highest BCUT2D eigenvalue weighted by molar-refractivity contribution is 5.70. The highest BCUT2D eigenvalue weighted by atomic mass is 19.4. The van der Waals surface area contributed by atoms with E-state index in [1.165, 1.54) is 6.07 Å². The van der Waals surface area contributed by atoms with Gasteiger partial charge in [0.05, 0.1) is 0 Å². The maximum Gasteiger partial charge on any atom is 0.430 e. The summed E-state index contributed by atoms with van der Waals surface area (Å²) in [6.45, 7) is 7.78. The lowest BCUT2D eigenvalue weighted by Crippen LogP contribution is -2.55. The fourth-order valence-corrected chi connectivity index (χ4v) is 5.14. The maximum absolute atomic E-state index is 13.1. The van der Waals surface area contributed by atoms with Crippen LogP contribution in [0.25, 0.3) is 6.08 Å². The molecule has 1 saturated heterocycles. The first-order chi connectivity index (χ1) is 18.6. The van der Waals surface area contributed by atoms with Gasteiger partial charge in [0.2, 0.25) is 0 Å². The SMILES string of the molecule is CCC(CC)(c1ccc(/C=C/C(O)(C(F)(F)F)C(F)(F)F)c(C)c1)c1ccc(OCC2CCCC(=O)O2)c(C)c1. The number of alkyl halides is 6. The second kappa shape index (κ2) is 11.8. The summed E-state index contributed by atoms with van der Waals surface area (Å²) in [4.78, 5) is 11.5. The molecule has 0 aliphatic carbocycles. The van der Waals surface area contributed by atoms with E-state index in [0.717, 1.165) is 29.5 Å². The van der Waals surface area contributed by atoms with Gasteiger partial charge < -0.3 is 14.6 Å². The molecule has 0 spiro atoms. The van der Waals surface area contributed by atoms with Crippen LogP contribution in [0.5, 0.6) is 5.75 Å². The number of carbonyl (C=O) groups excluding carboxylic acids is 1. The van der Waals surface area contributed by atoms with E-state index in [2.05, 4.69) is 0 Å². The number of rotatable bonds is 9. The molecule has 220 valence electrons. The molecule has 1 aliphatic heterocycles. The van der Waals surface area contributed by atoms with Gasteiger partial charge in [0.15, 0.2) is 0 Å².